The number of carbonyl (C=O) groups excluding carboxylic acids is 2. The standard InChI is InChI=1S/C20H30N2O3/c1-20(2,3)19(25)22-13-7-10-16(14-22)18(24)21-12-11-17(23)15-8-5-4-6-9-15/h4-6,8-9,16-17,23H,7,10-14H2,1-3H3,(H,21,24). The van der Waals surface area contributed by atoms with E-state index in [4.69, 9.17) is 0 Å². The first-order chi connectivity index (χ1) is 11.8. The van der Waals surface area contributed by atoms with E-state index in [0.29, 0.717) is 19.5 Å². The highest BCUT2D eigenvalue weighted by molar-refractivity contribution is 5.83. The van der Waals surface area contributed by atoms with Crippen molar-refractivity contribution in [3.8, 4) is 0 Å². The third-order valence-electron chi connectivity index (χ3n) is 4.62. The molecule has 25 heavy (non-hydrogen) atoms. The molecule has 1 aliphatic rings. The molecule has 2 amide bonds. The lowest BCUT2D eigenvalue weighted by atomic mass is 9.91. The van der Waals surface area contributed by atoms with Gasteiger partial charge in [0.25, 0.3) is 0 Å². The fraction of sp³-hybridized carbons (Fsp3) is 0.600. The molecular weight excluding hydrogens is 316 g/mol. The smallest absolute Gasteiger partial charge is 0.227 e. The first-order valence-corrected chi connectivity index (χ1v) is 9.09. The lowest BCUT2D eigenvalue weighted by molar-refractivity contribution is -0.142. The number of nitrogens with zero attached hydrogens (tertiary/aromatic N) is 1. The zero-order chi connectivity index (χ0) is 18.4. The average molecular weight is 346 g/mol. The largest absolute Gasteiger partial charge is 0.388 e. The van der Waals surface area contributed by atoms with Gasteiger partial charge in [0.15, 0.2) is 0 Å². The molecular formula is C20H30N2O3. The lowest BCUT2D eigenvalue weighted by Crippen LogP contribution is -2.48. The van der Waals surface area contributed by atoms with Crippen molar-refractivity contribution in [1.82, 2.24) is 10.2 Å². The summed E-state index contributed by atoms with van der Waals surface area (Å²) in [5, 5.41) is 13.1. The Labute approximate surface area is 150 Å². The predicted octanol–water partition coefficient (Wildman–Crippen LogP) is 2.51. The molecule has 2 atom stereocenters. The molecule has 1 aromatic rings. The summed E-state index contributed by atoms with van der Waals surface area (Å²) < 4.78 is 0. The predicted molar refractivity (Wildman–Crippen MR) is 97.8 cm³/mol. The summed E-state index contributed by atoms with van der Waals surface area (Å²) in [6.07, 6.45) is 1.56. The van der Waals surface area contributed by atoms with Crippen LogP contribution in [0.4, 0.5) is 0 Å². The van der Waals surface area contributed by atoms with E-state index in [1.807, 2.05) is 56.0 Å². The van der Waals surface area contributed by atoms with Crippen LogP contribution < -0.4 is 5.32 Å². The van der Waals surface area contributed by atoms with Gasteiger partial charge in [-0.05, 0) is 24.8 Å². The van der Waals surface area contributed by atoms with Crippen molar-refractivity contribution in [2.75, 3.05) is 19.6 Å². The van der Waals surface area contributed by atoms with E-state index in [-0.39, 0.29) is 17.7 Å². The fourth-order valence-corrected chi connectivity index (χ4v) is 3.17. The number of nitrogens with one attached hydrogen (secondary N) is 1. The van der Waals surface area contributed by atoms with E-state index in [0.717, 1.165) is 24.9 Å². The fourth-order valence-electron chi connectivity index (χ4n) is 3.17. The normalized spacial score (nSPS) is 19.4. The van der Waals surface area contributed by atoms with E-state index in [2.05, 4.69) is 5.32 Å². The Morgan fingerprint density at radius 3 is 2.60 bits per heavy atom. The van der Waals surface area contributed by atoms with Gasteiger partial charge in [0.2, 0.25) is 11.8 Å². The van der Waals surface area contributed by atoms with E-state index < -0.39 is 11.5 Å². The second kappa shape index (κ2) is 8.48. The van der Waals surface area contributed by atoms with E-state index >= 15 is 0 Å². The number of hydrogen-bond donors (Lipinski definition) is 2. The van der Waals surface area contributed by atoms with Gasteiger partial charge in [0, 0.05) is 25.0 Å². The molecule has 5 heteroatoms. The van der Waals surface area contributed by atoms with Crippen LogP contribution in [-0.2, 0) is 9.59 Å². The molecule has 0 spiro atoms. The molecule has 2 N–H and O–H groups in total. The Morgan fingerprint density at radius 2 is 1.96 bits per heavy atom. The molecule has 0 bridgehead atoms. The van der Waals surface area contributed by atoms with Gasteiger partial charge in [-0.2, -0.15) is 0 Å². The maximum Gasteiger partial charge on any atom is 0.227 e. The highest BCUT2D eigenvalue weighted by atomic mass is 16.3. The summed E-state index contributed by atoms with van der Waals surface area (Å²) in [4.78, 5) is 26.6. The van der Waals surface area contributed by atoms with E-state index in [1.54, 1.807) is 0 Å². The maximum absolute atomic E-state index is 12.4. The van der Waals surface area contributed by atoms with Crippen LogP contribution in [0.1, 0.15) is 51.7 Å². The highest BCUT2D eigenvalue weighted by Gasteiger charge is 2.33. The quantitative estimate of drug-likeness (QED) is 0.861. The van der Waals surface area contributed by atoms with Crippen LogP contribution in [0.5, 0.6) is 0 Å². The van der Waals surface area contributed by atoms with Gasteiger partial charge >= 0.3 is 0 Å². The van der Waals surface area contributed by atoms with Gasteiger partial charge in [-0.3, -0.25) is 9.59 Å². The van der Waals surface area contributed by atoms with Gasteiger partial charge in [0.05, 0.1) is 12.0 Å². The minimum absolute atomic E-state index is 0.0216. The number of aliphatic hydroxyl groups is 1. The van der Waals surface area contributed by atoms with Crippen molar-refractivity contribution in [3.63, 3.8) is 0 Å². The highest BCUT2D eigenvalue weighted by Crippen LogP contribution is 2.23. The number of hydrogen-bond acceptors (Lipinski definition) is 3. The van der Waals surface area contributed by atoms with Gasteiger partial charge in [-0.15, -0.1) is 0 Å². The molecule has 5 nitrogen and oxygen atoms in total. The average Bonchev–Trinajstić information content (AvgIpc) is 2.61. The molecule has 1 fully saturated rings. The molecule has 1 aromatic carbocycles. The SMILES string of the molecule is CC(C)(C)C(=O)N1CCCC(C(=O)NCCC(O)c2ccccc2)C1. The van der Waals surface area contributed by atoms with Crippen LogP contribution in [0, 0.1) is 11.3 Å². The zero-order valence-corrected chi connectivity index (χ0v) is 15.5. The van der Waals surface area contributed by atoms with Crippen molar-refractivity contribution < 1.29 is 14.7 Å². The maximum atomic E-state index is 12.4. The summed E-state index contributed by atoms with van der Waals surface area (Å²) in [6, 6.07) is 9.44. The van der Waals surface area contributed by atoms with Crippen LogP contribution in [0.15, 0.2) is 30.3 Å². The third kappa shape index (κ3) is 5.56. The molecule has 0 saturated carbocycles. The number of likely N-dealkylation sites (tertiary alicyclic amines) is 1. The molecule has 1 heterocycles. The molecule has 0 aromatic heterocycles. The number of carbonyl (C=O) groups is 2. The minimum Gasteiger partial charge on any atom is -0.388 e. The molecule has 0 aliphatic carbocycles. The van der Waals surface area contributed by atoms with Crippen LogP contribution in [0.25, 0.3) is 0 Å². The van der Waals surface area contributed by atoms with Crippen LogP contribution in [0.2, 0.25) is 0 Å². The Bertz CT molecular complexity index is 580. The monoisotopic (exact) mass is 346 g/mol. The van der Waals surface area contributed by atoms with Crippen molar-refractivity contribution in [3.05, 3.63) is 35.9 Å². The molecule has 138 valence electrons. The van der Waals surface area contributed by atoms with Crippen LogP contribution in [-0.4, -0.2) is 41.5 Å². The van der Waals surface area contributed by atoms with Crippen molar-refractivity contribution >= 4 is 11.8 Å². The molecule has 2 unspecified atom stereocenters. The lowest BCUT2D eigenvalue weighted by Gasteiger charge is -2.35. The second-order valence-corrected chi connectivity index (χ2v) is 7.85. The van der Waals surface area contributed by atoms with Gasteiger partial charge < -0.3 is 15.3 Å². The summed E-state index contributed by atoms with van der Waals surface area (Å²) in [5.74, 6) is -0.0786. The first-order valence-electron chi connectivity index (χ1n) is 9.09. The summed E-state index contributed by atoms with van der Waals surface area (Å²) in [5.41, 5.74) is 0.439. The van der Waals surface area contributed by atoms with E-state index in [9.17, 15) is 14.7 Å². The van der Waals surface area contributed by atoms with Gasteiger partial charge in [-0.25, -0.2) is 0 Å². The number of aliphatic hydroxyl groups excluding tert-OH is 1. The topological polar surface area (TPSA) is 69.6 Å². The van der Waals surface area contributed by atoms with Crippen molar-refractivity contribution in [2.24, 2.45) is 11.3 Å². The molecule has 2 rings (SSSR count). The van der Waals surface area contributed by atoms with Crippen LogP contribution in [0.3, 0.4) is 0 Å². The summed E-state index contributed by atoms with van der Waals surface area (Å²) >= 11 is 0. The number of amides is 2. The van der Waals surface area contributed by atoms with Crippen molar-refractivity contribution in [1.29, 1.82) is 0 Å². The Hall–Kier alpha value is -1.88. The Balaban J connectivity index is 1.79. The molecule has 1 aliphatic heterocycles. The number of rotatable bonds is 5. The first kappa shape index (κ1) is 19.4. The zero-order valence-electron chi connectivity index (χ0n) is 15.5. The third-order valence-corrected chi connectivity index (χ3v) is 4.62. The minimum atomic E-state index is -0.577. The molecule has 0 radical (unpaired) electrons. The summed E-state index contributed by atoms with van der Waals surface area (Å²) in [6.45, 7) is 7.37. The second-order valence-electron chi connectivity index (χ2n) is 7.85. The van der Waals surface area contributed by atoms with E-state index in [1.165, 1.54) is 0 Å². The van der Waals surface area contributed by atoms with Crippen LogP contribution >= 0.6 is 0 Å². The summed E-state index contributed by atoms with van der Waals surface area (Å²) in [7, 11) is 0. The van der Waals surface area contributed by atoms with Gasteiger partial charge in [-0.1, -0.05) is 51.1 Å². The Morgan fingerprint density at radius 1 is 1.28 bits per heavy atom. The van der Waals surface area contributed by atoms with Crippen molar-refractivity contribution in [2.45, 2.75) is 46.1 Å². The Kier molecular flexibility index (Phi) is 6.59. The van der Waals surface area contributed by atoms with Gasteiger partial charge in [0.1, 0.15) is 0 Å². The molecule has 1 saturated heterocycles. The number of benzene rings is 1. The number of piperidine rings is 1.